The smallest absolute Gasteiger partial charge is 0.119 e. The van der Waals surface area contributed by atoms with Crippen LogP contribution in [0.3, 0.4) is 0 Å². The Morgan fingerprint density at radius 2 is 2.17 bits per heavy atom. The summed E-state index contributed by atoms with van der Waals surface area (Å²) in [6, 6.07) is 9.21. The molecule has 1 saturated carbocycles. The second-order valence-corrected chi connectivity index (χ2v) is 5.51. The minimum atomic E-state index is 0.584. The molecular weight excluding hydrogens is 222 g/mol. The molecule has 0 aromatic heterocycles. The zero-order chi connectivity index (χ0) is 13.0. The number of ether oxygens (including phenoxy) is 1. The van der Waals surface area contributed by atoms with Crippen LogP contribution in [-0.2, 0) is 0 Å². The molecule has 100 valence electrons. The average molecular weight is 247 g/mol. The SMILES string of the molecule is CCOc1cccc(C2CCC2CNC(C)C)c1. The van der Waals surface area contributed by atoms with Crippen molar-refractivity contribution in [3.05, 3.63) is 29.8 Å². The maximum absolute atomic E-state index is 5.58. The molecule has 0 bridgehead atoms. The van der Waals surface area contributed by atoms with E-state index in [4.69, 9.17) is 4.74 Å². The molecule has 1 fully saturated rings. The highest BCUT2D eigenvalue weighted by Gasteiger charge is 2.31. The van der Waals surface area contributed by atoms with E-state index in [1.165, 1.54) is 18.4 Å². The Morgan fingerprint density at radius 3 is 2.78 bits per heavy atom. The first-order valence-corrected chi connectivity index (χ1v) is 7.16. The van der Waals surface area contributed by atoms with E-state index in [0.717, 1.165) is 30.7 Å². The maximum atomic E-state index is 5.58. The predicted octanol–water partition coefficient (Wildman–Crippen LogP) is 3.58. The van der Waals surface area contributed by atoms with E-state index in [1.807, 2.05) is 13.0 Å². The molecule has 0 aliphatic heterocycles. The first-order valence-electron chi connectivity index (χ1n) is 7.16. The van der Waals surface area contributed by atoms with E-state index in [9.17, 15) is 0 Å². The Hall–Kier alpha value is -1.02. The number of nitrogens with one attached hydrogen (secondary N) is 1. The molecule has 2 atom stereocenters. The molecule has 2 rings (SSSR count). The number of hydrogen-bond donors (Lipinski definition) is 1. The normalized spacial score (nSPS) is 22.9. The van der Waals surface area contributed by atoms with E-state index in [2.05, 4.69) is 37.4 Å². The van der Waals surface area contributed by atoms with Gasteiger partial charge >= 0.3 is 0 Å². The van der Waals surface area contributed by atoms with Gasteiger partial charge in [0.25, 0.3) is 0 Å². The zero-order valence-corrected chi connectivity index (χ0v) is 11.8. The van der Waals surface area contributed by atoms with Crippen LogP contribution in [0, 0.1) is 5.92 Å². The third kappa shape index (κ3) is 3.26. The molecule has 0 radical (unpaired) electrons. The highest BCUT2D eigenvalue weighted by molar-refractivity contribution is 5.32. The minimum absolute atomic E-state index is 0.584. The van der Waals surface area contributed by atoms with Gasteiger partial charge in [-0.25, -0.2) is 0 Å². The highest BCUT2D eigenvalue weighted by Crippen LogP contribution is 2.42. The van der Waals surface area contributed by atoms with Crippen LogP contribution in [-0.4, -0.2) is 19.2 Å². The van der Waals surface area contributed by atoms with Crippen LogP contribution in [0.15, 0.2) is 24.3 Å². The fourth-order valence-electron chi connectivity index (χ4n) is 2.64. The fraction of sp³-hybridized carbons (Fsp3) is 0.625. The molecule has 2 nitrogen and oxygen atoms in total. The Morgan fingerprint density at radius 1 is 1.33 bits per heavy atom. The van der Waals surface area contributed by atoms with Gasteiger partial charge in [0.05, 0.1) is 6.61 Å². The van der Waals surface area contributed by atoms with Crippen molar-refractivity contribution in [3.63, 3.8) is 0 Å². The molecule has 1 aliphatic carbocycles. The lowest BCUT2D eigenvalue weighted by Crippen LogP contribution is -2.36. The second-order valence-electron chi connectivity index (χ2n) is 5.51. The fourth-order valence-corrected chi connectivity index (χ4v) is 2.64. The number of hydrogen-bond acceptors (Lipinski definition) is 2. The van der Waals surface area contributed by atoms with E-state index in [0.29, 0.717) is 6.04 Å². The molecule has 2 heteroatoms. The summed E-state index contributed by atoms with van der Waals surface area (Å²) in [7, 11) is 0. The molecule has 1 aromatic carbocycles. The van der Waals surface area contributed by atoms with Crippen LogP contribution in [0.25, 0.3) is 0 Å². The topological polar surface area (TPSA) is 21.3 Å². The van der Waals surface area contributed by atoms with Crippen LogP contribution in [0.5, 0.6) is 5.75 Å². The lowest BCUT2D eigenvalue weighted by atomic mass is 9.70. The van der Waals surface area contributed by atoms with Gasteiger partial charge in [-0.1, -0.05) is 26.0 Å². The number of benzene rings is 1. The second kappa shape index (κ2) is 6.24. The van der Waals surface area contributed by atoms with Gasteiger partial charge in [-0.3, -0.25) is 0 Å². The largest absolute Gasteiger partial charge is 0.494 e. The molecule has 2 unspecified atom stereocenters. The minimum Gasteiger partial charge on any atom is -0.494 e. The van der Waals surface area contributed by atoms with Gasteiger partial charge in [0, 0.05) is 6.04 Å². The van der Waals surface area contributed by atoms with Crippen molar-refractivity contribution in [2.45, 2.75) is 45.6 Å². The van der Waals surface area contributed by atoms with Crippen LogP contribution in [0.4, 0.5) is 0 Å². The van der Waals surface area contributed by atoms with Crippen molar-refractivity contribution in [1.82, 2.24) is 5.32 Å². The summed E-state index contributed by atoms with van der Waals surface area (Å²) in [5.74, 6) is 2.53. The van der Waals surface area contributed by atoms with E-state index in [1.54, 1.807) is 0 Å². The summed E-state index contributed by atoms with van der Waals surface area (Å²) in [5, 5.41) is 3.56. The molecule has 0 saturated heterocycles. The van der Waals surface area contributed by atoms with Crippen LogP contribution in [0.1, 0.15) is 45.1 Å². The quantitative estimate of drug-likeness (QED) is 0.829. The van der Waals surface area contributed by atoms with Gasteiger partial charge in [0.15, 0.2) is 0 Å². The Balaban J connectivity index is 1.96. The van der Waals surface area contributed by atoms with E-state index < -0.39 is 0 Å². The summed E-state index contributed by atoms with van der Waals surface area (Å²) in [4.78, 5) is 0. The number of rotatable bonds is 6. The Labute approximate surface area is 111 Å². The van der Waals surface area contributed by atoms with Gasteiger partial charge in [-0.05, 0) is 55.8 Å². The predicted molar refractivity (Wildman–Crippen MR) is 76.2 cm³/mol. The van der Waals surface area contributed by atoms with Gasteiger partial charge in [-0.15, -0.1) is 0 Å². The molecule has 0 heterocycles. The molecular formula is C16H25NO. The average Bonchev–Trinajstić information content (AvgIpc) is 2.28. The van der Waals surface area contributed by atoms with Gasteiger partial charge in [0.1, 0.15) is 5.75 Å². The molecule has 1 N–H and O–H groups in total. The summed E-state index contributed by atoms with van der Waals surface area (Å²) >= 11 is 0. The molecule has 0 spiro atoms. The zero-order valence-electron chi connectivity index (χ0n) is 11.8. The molecule has 18 heavy (non-hydrogen) atoms. The highest BCUT2D eigenvalue weighted by atomic mass is 16.5. The summed E-state index contributed by atoms with van der Waals surface area (Å²) in [6.45, 7) is 8.34. The monoisotopic (exact) mass is 247 g/mol. The van der Waals surface area contributed by atoms with Crippen molar-refractivity contribution in [2.75, 3.05) is 13.2 Å². The maximum Gasteiger partial charge on any atom is 0.119 e. The summed E-state index contributed by atoms with van der Waals surface area (Å²) < 4.78 is 5.58. The molecule has 1 aliphatic rings. The first kappa shape index (κ1) is 13.4. The first-order chi connectivity index (χ1) is 8.70. The summed E-state index contributed by atoms with van der Waals surface area (Å²) in [5.41, 5.74) is 1.45. The third-order valence-corrected chi connectivity index (χ3v) is 3.80. The van der Waals surface area contributed by atoms with Crippen molar-refractivity contribution in [2.24, 2.45) is 5.92 Å². The third-order valence-electron chi connectivity index (χ3n) is 3.80. The van der Waals surface area contributed by atoms with Crippen LogP contribution < -0.4 is 10.1 Å². The molecule has 0 amide bonds. The lowest BCUT2D eigenvalue weighted by Gasteiger charge is -2.38. The van der Waals surface area contributed by atoms with Gasteiger partial charge in [-0.2, -0.15) is 0 Å². The lowest BCUT2D eigenvalue weighted by molar-refractivity contribution is 0.240. The van der Waals surface area contributed by atoms with Crippen LogP contribution in [0.2, 0.25) is 0 Å². The van der Waals surface area contributed by atoms with Gasteiger partial charge in [0.2, 0.25) is 0 Å². The van der Waals surface area contributed by atoms with E-state index >= 15 is 0 Å². The van der Waals surface area contributed by atoms with Gasteiger partial charge < -0.3 is 10.1 Å². The van der Waals surface area contributed by atoms with Crippen molar-refractivity contribution in [1.29, 1.82) is 0 Å². The summed E-state index contributed by atoms with van der Waals surface area (Å²) in [6.07, 6.45) is 2.67. The van der Waals surface area contributed by atoms with Crippen molar-refractivity contribution >= 4 is 0 Å². The van der Waals surface area contributed by atoms with Crippen LogP contribution >= 0.6 is 0 Å². The van der Waals surface area contributed by atoms with Crippen molar-refractivity contribution < 1.29 is 4.74 Å². The standard InChI is InChI=1S/C16H25NO/c1-4-18-15-7-5-6-13(10-15)16-9-8-14(16)11-17-12(2)3/h5-7,10,12,14,16-17H,4,8-9,11H2,1-3H3. The van der Waals surface area contributed by atoms with E-state index in [-0.39, 0.29) is 0 Å². The Kier molecular flexibility index (Phi) is 4.65. The molecule has 1 aromatic rings. The van der Waals surface area contributed by atoms with Crippen molar-refractivity contribution in [3.8, 4) is 5.75 Å². The Bertz CT molecular complexity index is 375.